The van der Waals surface area contributed by atoms with Gasteiger partial charge in [0.15, 0.2) is 0 Å². The van der Waals surface area contributed by atoms with Gasteiger partial charge in [0.1, 0.15) is 0 Å². The van der Waals surface area contributed by atoms with Gasteiger partial charge in [-0.05, 0) is 47.9 Å². The average Bonchev–Trinajstić information content (AvgIpc) is 2.68. The molecule has 0 bridgehead atoms. The van der Waals surface area contributed by atoms with Crippen LogP contribution in [0.1, 0.15) is 31.9 Å². The number of nitrogens with zero attached hydrogens (tertiary/aromatic N) is 1. The molecule has 1 N–H and O–H groups in total. The lowest BCUT2D eigenvalue weighted by atomic mass is 10.1. The predicted molar refractivity (Wildman–Crippen MR) is 110 cm³/mol. The second-order valence-electron chi connectivity index (χ2n) is 6.03. The summed E-state index contributed by atoms with van der Waals surface area (Å²) in [6, 6.07) is 14.2. The maximum Gasteiger partial charge on any atom is 0.248 e. The fraction of sp³-hybridized carbons (Fsp3) is 0.286. The first-order valence-corrected chi connectivity index (χ1v) is 10.5. The summed E-state index contributed by atoms with van der Waals surface area (Å²) < 4.78 is 26.3. The highest BCUT2D eigenvalue weighted by molar-refractivity contribution is 7.89. The number of sulfonamides is 1. The van der Waals surface area contributed by atoms with Crippen LogP contribution < -0.4 is 5.32 Å². The van der Waals surface area contributed by atoms with Crippen LogP contribution in [0.25, 0.3) is 6.08 Å². The first-order valence-electron chi connectivity index (χ1n) is 9.08. The molecule has 0 radical (unpaired) electrons. The SMILES string of the molecule is CCc1ccc(NC(=O)/C=C/c2ccc(S(=O)(=O)N(CC)CC)cc2)cc1. The summed E-state index contributed by atoms with van der Waals surface area (Å²) >= 11 is 0. The van der Waals surface area contributed by atoms with Gasteiger partial charge >= 0.3 is 0 Å². The first kappa shape index (κ1) is 20.9. The van der Waals surface area contributed by atoms with Crippen molar-refractivity contribution in [2.24, 2.45) is 0 Å². The van der Waals surface area contributed by atoms with Gasteiger partial charge in [-0.15, -0.1) is 0 Å². The standard InChI is InChI=1S/C21H26N2O3S/c1-4-17-7-12-19(13-8-17)22-21(24)16-11-18-9-14-20(15-10-18)27(25,26)23(5-2)6-3/h7-16H,4-6H2,1-3H3,(H,22,24)/b16-11+. The molecule has 6 heteroatoms. The van der Waals surface area contributed by atoms with Crippen LogP contribution in [-0.4, -0.2) is 31.7 Å². The van der Waals surface area contributed by atoms with E-state index in [1.54, 1.807) is 30.3 Å². The first-order chi connectivity index (χ1) is 12.9. The largest absolute Gasteiger partial charge is 0.323 e. The highest BCUT2D eigenvalue weighted by atomic mass is 32.2. The van der Waals surface area contributed by atoms with E-state index in [9.17, 15) is 13.2 Å². The van der Waals surface area contributed by atoms with Crippen molar-refractivity contribution in [1.29, 1.82) is 0 Å². The molecule has 2 aromatic rings. The summed E-state index contributed by atoms with van der Waals surface area (Å²) in [5.41, 5.74) is 2.70. The quantitative estimate of drug-likeness (QED) is 0.699. The minimum Gasteiger partial charge on any atom is -0.323 e. The summed E-state index contributed by atoms with van der Waals surface area (Å²) in [5, 5.41) is 2.80. The molecule has 0 fully saturated rings. The molecule has 0 heterocycles. The molecule has 0 aliphatic carbocycles. The Balaban J connectivity index is 2.03. The second-order valence-corrected chi connectivity index (χ2v) is 7.97. The molecule has 0 saturated carbocycles. The fourth-order valence-electron chi connectivity index (χ4n) is 2.64. The van der Waals surface area contributed by atoms with E-state index < -0.39 is 10.0 Å². The molecular weight excluding hydrogens is 360 g/mol. The number of rotatable bonds is 8. The van der Waals surface area contributed by atoms with Crippen LogP contribution in [0.5, 0.6) is 0 Å². The Morgan fingerprint density at radius 3 is 2.07 bits per heavy atom. The number of nitrogens with one attached hydrogen (secondary N) is 1. The molecule has 0 spiro atoms. The van der Waals surface area contributed by atoms with Crippen molar-refractivity contribution in [3.63, 3.8) is 0 Å². The fourth-order valence-corrected chi connectivity index (χ4v) is 4.10. The molecule has 0 aliphatic heterocycles. The average molecular weight is 387 g/mol. The van der Waals surface area contributed by atoms with E-state index in [1.807, 2.05) is 38.1 Å². The lowest BCUT2D eigenvalue weighted by Gasteiger charge is -2.18. The van der Waals surface area contributed by atoms with Crippen molar-refractivity contribution in [3.05, 3.63) is 65.7 Å². The Labute approximate surface area is 161 Å². The molecule has 0 atom stereocenters. The summed E-state index contributed by atoms with van der Waals surface area (Å²) in [5.74, 6) is -0.237. The number of benzene rings is 2. The van der Waals surface area contributed by atoms with Gasteiger partial charge in [-0.3, -0.25) is 4.79 Å². The molecule has 0 aliphatic rings. The maximum absolute atomic E-state index is 12.5. The number of amides is 1. The minimum absolute atomic E-state index is 0.237. The highest BCUT2D eigenvalue weighted by Gasteiger charge is 2.20. The monoisotopic (exact) mass is 386 g/mol. The molecule has 144 valence electrons. The number of carbonyl (C=O) groups is 1. The van der Waals surface area contributed by atoms with E-state index in [4.69, 9.17) is 0 Å². The molecule has 2 rings (SSSR count). The van der Waals surface area contributed by atoms with Gasteiger partial charge in [-0.2, -0.15) is 4.31 Å². The highest BCUT2D eigenvalue weighted by Crippen LogP contribution is 2.17. The Bertz CT molecular complexity index is 882. The van der Waals surface area contributed by atoms with Crippen LogP contribution in [0.4, 0.5) is 5.69 Å². The van der Waals surface area contributed by atoms with Crippen LogP contribution in [0.2, 0.25) is 0 Å². The number of anilines is 1. The Morgan fingerprint density at radius 2 is 1.56 bits per heavy atom. The van der Waals surface area contributed by atoms with Gasteiger partial charge in [0, 0.05) is 24.9 Å². The van der Waals surface area contributed by atoms with Crippen molar-refractivity contribution < 1.29 is 13.2 Å². The molecule has 1 amide bonds. The van der Waals surface area contributed by atoms with Crippen LogP contribution in [0.15, 0.2) is 59.5 Å². The maximum atomic E-state index is 12.5. The summed E-state index contributed by atoms with van der Waals surface area (Å²) in [6.45, 7) is 6.56. The van der Waals surface area contributed by atoms with E-state index >= 15 is 0 Å². The van der Waals surface area contributed by atoms with Gasteiger partial charge in [0.25, 0.3) is 0 Å². The normalized spacial score (nSPS) is 11.9. The molecule has 0 unspecified atom stereocenters. The van der Waals surface area contributed by atoms with Gasteiger partial charge < -0.3 is 5.32 Å². The number of hydrogen-bond donors (Lipinski definition) is 1. The number of aryl methyl sites for hydroxylation is 1. The van der Waals surface area contributed by atoms with Crippen LogP contribution in [0.3, 0.4) is 0 Å². The van der Waals surface area contributed by atoms with E-state index in [0.717, 1.165) is 17.7 Å². The van der Waals surface area contributed by atoms with Crippen molar-refractivity contribution in [1.82, 2.24) is 4.31 Å². The molecular formula is C21H26N2O3S. The predicted octanol–water partition coefficient (Wildman–Crippen LogP) is 3.93. The zero-order chi connectivity index (χ0) is 19.9. The van der Waals surface area contributed by atoms with E-state index in [2.05, 4.69) is 12.2 Å². The van der Waals surface area contributed by atoms with E-state index in [-0.39, 0.29) is 10.8 Å². The van der Waals surface area contributed by atoms with Crippen molar-refractivity contribution in [3.8, 4) is 0 Å². The Hall–Kier alpha value is -2.44. The molecule has 0 saturated heterocycles. The number of hydrogen-bond acceptors (Lipinski definition) is 3. The zero-order valence-corrected chi connectivity index (χ0v) is 16.8. The third-order valence-electron chi connectivity index (χ3n) is 4.28. The zero-order valence-electron chi connectivity index (χ0n) is 16.0. The molecule has 0 aromatic heterocycles. The van der Waals surface area contributed by atoms with Crippen LogP contribution in [0, 0.1) is 0 Å². The third-order valence-corrected chi connectivity index (χ3v) is 6.34. The second kappa shape index (κ2) is 9.48. The summed E-state index contributed by atoms with van der Waals surface area (Å²) in [7, 11) is -3.47. The van der Waals surface area contributed by atoms with Gasteiger partial charge in [0.2, 0.25) is 15.9 Å². The Morgan fingerprint density at radius 1 is 0.963 bits per heavy atom. The summed E-state index contributed by atoms with van der Waals surface area (Å²) in [6.07, 6.45) is 4.04. The van der Waals surface area contributed by atoms with Gasteiger partial charge in [0.05, 0.1) is 4.90 Å². The van der Waals surface area contributed by atoms with E-state index in [1.165, 1.54) is 15.9 Å². The topological polar surface area (TPSA) is 66.5 Å². The summed E-state index contributed by atoms with van der Waals surface area (Å²) in [4.78, 5) is 12.3. The van der Waals surface area contributed by atoms with Crippen molar-refractivity contribution in [2.45, 2.75) is 32.1 Å². The number of carbonyl (C=O) groups excluding carboxylic acids is 1. The smallest absolute Gasteiger partial charge is 0.248 e. The minimum atomic E-state index is -3.47. The molecule has 2 aromatic carbocycles. The van der Waals surface area contributed by atoms with Crippen LogP contribution in [-0.2, 0) is 21.2 Å². The van der Waals surface area contributed by atoms with E-state index in [0.29, 0.717) is 13.1 Å². The molecule has 5 nitrogen and oxygen atoms in total. The van der Waals surface area contributed by atoms with Gasteiger partial charge in [-0.1, -0.05) is 45.0 Å². The molecule has 27 heavy (non-hydrogen) atoms. The van der Waals surface area contributed by atoms with Crippen LogP contribution >= 0.6 is 0 Å². The Kier molecular flexibility index (Phi) is 7.33. The van der Waals surface area contributed by atoms with Crippen molar-refractivity contribution in [2.75, 3.05) is 18.4 Å². The lowest BCUT2D eigenvalue weighted by Crippen LogP contribution is -2.30. The lowest BCUT2D eigenvalue weighted by molar-refractivity contribution is -0.111. The van der Waals surface area contributed by atoms with Crippen molar-refractivity contribution >= 4 is 27.7 Å². The third kappa shape index (κ3) is 5.52. The van der Waals surface area contributed by atoms with Gasteiger partial charge in [-0.25, -0.2) is 8.42 Å².